The number of nitrogens with one attached hydrogen (secondary N) is 1. The molecule has 106 valence electrons. The zero-order valence-electron chi connectivity index (χ0n) is 11.4. The standard InChI is InChI=1S/C14H18N4O2/c1-12(13-4-6-14(7-5-13)18(19)20)15-8-2-10-17-11-3-9-16-17/h3-7,9,11-12,15H,2,8,10H2,1H3. The van der Waals surface area contributed by atoms with E-state index in [1.807, 2.05) is 16.9 Å². The number of non-ortho nitro benzene ring substituents is 1. The number of hydrogen-bond acceptors (Lipinski definition) is 4. The Labute approximate surface area is 117 Å². The van der Waals surface area contributed by atoms with Gasteiger partial charge in [-0.05, 0) is 31.5 Å². The van der Waals surface area contributed by atoms with Crippen molar-refractivity contribution in [3.8, 4) is 0 Å². The first-order valence-electron chi connectivity index (χ1n) is 6.62. The highest BCUT2D eigenvalue weighted by Crippen LogP contribution is 2.17. The molecule has 0 radical (unpaired) electrons. The minimum absolute atomic E-state index is 0.125. The molecule has 0 saturated heterocycles. The molecule has 1 heterocycles. The Balaban J connectivity index is 1.76. The van der Waals surface area contributed by atoms with Crippen LogP contribution in [0.3, 0.4) is 0 Å². The molecule has 6 heteroatoms. The molecule has 0 aliphatic heterocycles. The van der Waals surface area contributed by atoms with Gasteiger partial charge in [-0.1, -0.05) is 12.1 Å². The number of aryl methyl sites for hydroxylation is 1. The molecule has 1 aromatic carbocycles. The van der Waals surface area contributed by atoms with Gasteiger partial charge in [-0.3, -0.25) is 14.8 Å². The van der Waals surface area contributed by atoms with E-state index in [0.29, 0.717) is 0 Å². The van der Waals surface area contributed by atoms with Crippen molar-refractivity contribution < 1.29 is 4.92 Å². The number of rotatable bonds is 7. The van der Waals surface area contributed by atoms with Crippen LogP contribution in [0.1, 0.15) is 24.9 Å². The molecule has 1 unspecified atom stereocenters. The fourth-order valence-electron chi connectivity index (χ4n) is 1.99. The van der Waals surface area contributed by atoms with Crippen LogP contribution in [-0.4, -0.2) is 21.2 Å². The van der Waals surface area contributed by atoms with E-state index in [0.717, 1.165) is 25.1 Å². The van der Waals surface area contributed by atoms with Crippen LogP contribution >= 0.6 is 0 Å². The van der Waals surface area contributed by atoms with Crippen molar-refractivity contribution in [1.29, 1.82) is 0 Å². The summed E-state index contributed by atoms with van der Waals surface area (Å²) in [7, 11) is 0. The van der Waals surface area contributed by atoms with Crippen molar-refractivity contribution in [2.24, 2.45) is 0 Å². The number of nitro benzene ring substituents is 1. The first-order valence-corrected chi connectivity index (χ1v) is 6.62. The van der Waals surface area contributed by atoms with Crippen LogP contribution in [0.4, 0.5) is 5.69 Å². The summed E-state index contributed by atoms with van der Waals surface area (Å²) >= 11 is 0. The van der Waals surface area contributed by atoms with E-state index in [4.69, 9.17) is 0 Å². The lowest BCUT2D eigenvalue weighted by atomic mass is 10.1. The van der Waals surface area contributed by atoms with Crippen molar-refractivity contribution in [1.82, 2.24) is 15.1 Å². The van der Waals surface area contributed by atoms with Gasteiger partial charge >= 0.3 is 0 Å². The van der Waals surface area contributed by atoms with Gasteiger partial charge in [-0.15, -0.1) is 0 Å². The molecule has 2 rings (SSSR count). The fourth-order valence-corrected chi connectivity index (χ4v) is 1.99. The molecule has 0 aliphatic carbocycles. The average Bonchev–Trinajstić information content (AvgIpc) is 2.96. The number of hydrogen-bond donors (Lipinski definition) is 1. The highest BCUT2D eigenvalue weighted by molar-refractivity contribution is 5.33. The van der Waals surface area contributed by atoms with Gasteiger partial charge in [-0.25, -0.2) is 0 Å². The van der Waals surface area contributed by atoms with Gasteiger partial charge in [-0.2, -0.15) is 5.10 Å². The van der Waals surface area contributed by atoms with Crippen molar-refractivity contribution in [3.05, 3.63) is 58.4 Å². The highest BCUT2D eigenvalue weighted by Gasteiger charge is 2.08. The summed E-state index contributed by atoms with van der Waals surface area (Å²) in [5.41, 5.74) is 1.18. The molecule has 0 fully saturated rings. The van der Waals surface area contributed by atoms with Gasteiger partial charge in [0, 0.05) is 37.1 Å². The minimum Gasteiger partial charge on any atom is -0.310 e. The quantitative estimate of drug-likeness (QED) is 0.478. The van der Waals surface area contributed by atoms with Crippen LogP contribution in [0.5, 0.6) is 0 Å². The first-order chi connectivity index (χ1) is 9.66. The average molecular weight is 274 g/mol. The van der Waals surface area contributed by atoms with E-state index >= 15 is 0 Å². The zero-order valence-corrected chi connectivity index (χ0v) is 11.4. The molecule has 2 aromatic rings. The van der Waals surface area contributed by atoms with Crippen LogP contribution in [-0.2, 0) is 6.54 Å². The van der Waals surface area contributed by atoms with E-state index < -0.39 is 0 Å². The molecule has 1 atom stereocenters. The monoisotopic (exact) mass is 274 g/mol. The summed E-state index contributed by atoms with van der Waals surface area (Å²) in [4.78, 5) is 10.2. The van der Waals surface area contributed by atoms with E-state index in [9.17, 15) is 10.1 Å². The summed E-state index contributed by atoms with van der Waals surface area (Å²) in [6, 6.07) is 8.75. The Hall–Kier alpha value is -2.21. The third-order valence-corrected chi connectivity index (χ3v) is 3.18. The van der Waals surface area contributed by atoms with Crippen LogP contribution < -0.4 is 5.32 Å². The van der Waals surface area contributed by atoms with Crippen LogP contribution in [0.2, 0.25) is 0 Å². The highest BCUT2D eigenvalue weighted by atomic mass is 16.6. The number of nitrogens with zero attached hydrogens (tertiary/aromatic N) is 3. The molecule has 0 amide bonds. The van der Waals surface area contributed by atoms with Crippen LogP contribution in [0, 0.1) is 10.1 Å². The Morgan fingerprint density at radius 3 is 2.75 bits per heavy atom. The third kappa shape index (κ3) is 3.89. The molecular weight excluding hydrogens is 256 g/mol. The zero-order chi connectivity index (χ0) is 14.4. The van der Waals surface area contributed by atoms with E-state index in [2.05, 4.69) is 17.3 Å². The second-order valence-corrected chi connectivity index (χ2v) is 4.65. The van der Waals surface area contributed by atoms with Gasteiger partial charge in [0.15, 0.2) is 0 Å². The van der Waals surface area contributed by atoms with Gasteiger partial charge in [0.1, 0.15) is 0 Å². The summed E-state index contributed by atoms with van der Waals surface area (Å²) in [6.07, 6.45) is 4.70. The first kappa shape index (κ1) is 14.2. The number of benzene rings is 1. The largest absolute Gasteiger partial charge is 0.310 e. The smallest absolute Gasteiger partial charge is 0.269 e. The van der Waals surface area contributed by atoms with Gasteiger partial charge in [0.05, 0.1) is 4.92 Å². The molecule has 0 spiro atoms. The van der Waals surface area contributed by atoms with Crippen molar-refractivity contribution in [2.45, 2.75) is 25.9 Å². The molecular formula is C14H18N4O2. The van der Waals surface area contributed by atoms with Gasteiger partial charge in [0.25, 0.3) is 5.69 Å². The Morgan fingerprint density at radius 1 is 1.40 bits per heavy atom. The summed E-state index contributed by atoms with van der Waals surface area (Å²) in [6.45, 7) is 3.81. The molecule has 6 nitrogen and oxygen atoms in total. The van der Waals surface area contributed by atoms with E-state index in [1.165, 1.54) is 12.1 Å². The fraction of sp³-hybridized carbons (Fsp3) is 0.357. The van der Waals surface area contributed by atoms with Gasteiger partial charge in [0.2, 0.25) is 0 Å². The second kappa shape index (κ2) is 6.81. The maximum atomic E-state index is 10.6. The van der Waals surface area contributed by atoms with Crippen molar-refractivity contribution in [3.63, 3.8) is 0 Å². The van der Waals surface area contributed by atoms with Crippen molar-refractivity contribution in [2.75, 3.05) is 6.54 Å². The molecule has 0 saturated carbocycles. The summed E-state index contributed by atoms with van der Waals surface area (Å²) in [5, 5.41) is 18.1. The van der Waals surface area contributed by atoms with Crippen molar-refractivity contribution >= 4 is 5.69 Å². The second-order valence-electron chi connectivity index (χ2n) is 4.65. The lowest BCUT2D eigenvalue weighted by Crippen LogP contribution is -2.21. The molecule has 0 bridgehead atoms. The lowest BCUT2D eigenvalue weighted by Gasteiger charge is -2.14. The summed E-state index contributed by atoms with van der Waals surface area (Å²) < 4.78 is 1.90. The van der Waals surface area contributed by atoms with E-state index in [1.54, 1.807) is 18.3 Å². The molecule has 0 aliphatic rings. The third-order valence-electron chi connectivity index (χ3n) is 3.18. The maximum absolute atomic E-state index is 10.6. The van der Waals surface area contributed by atoms with E-state index in [-0.39, 0.29) is 16.7 Å². The van der Waals surface area contributed by atoms with Crippen LogP contribution in [0.25, 0.3) is 0 Å². The predicted molar refractivity (Wildman–Crippen MR) is 76.4 cm³/mol. The number of aromatic nitrogens is 2. The molecule has 20 heavy (non-hydrogen) atoms. The Morgan fingerprint density at radius 2 is 2.15 bits per heavy atom. The Kier molecular flexibility index (Phi) is 4.84. The minimum atomic E-state index is -0.383. The SMILES string of the molecule is CC(NCCCn1cccn1)c1ccc([N+](=O)[O-])cc1. The number of nitro groups is 1. The maximum Gasteiger partial charge on any atom is 0.269 e. The summed E-state index contributed by atoms with van der Waals surface area (Å²) in [5.74, 6) is 0. The predicted octanol–water partition coefficient (Wildman–Crippen LogP) is 2.53. The lowest BCUT2D eigenvalue weighted by molar-refractivity contribution is -0.384. The molecule has 1 aromatic heterocycles. The normalized spacial score (nSPS) is 12.2. The van der Waals surface area contributed by atoms with Gasteiger partial charge < -0.3 is 5.32 Å². The Bertz CT molecular complexity index is 537. The van der Waals surface area contributed by atoms with Crippen LogP contribution in [0.15, 0.2) is 42.7 Å². The topological polar surface area (TPSA) is 73.0 Å². The molecule has 1 N–H and O–H groups in total.